The van der Waals surface area contributed by atoms with E-state index in [0.29, 0.717) is 0 Å². The molecule has 0 saturated carbocycles. The molecule has 3 N–H and O–H groups in total. The van der Waals surface area contributed by atoms with Gasteiger partial charge in [-0.3, -0.25) is 0 Å². The van der Waals surface area contributed by atoms with Crippen molar-refractivity contribution in [3.63, 3.8) is 0 Å². The van der Waals surface area contributed by atoms with Crippen LogP contribution < -0.4 is 0 Å². The van der Waals surface area contributed by atoms with Gasteiger partial charge in [-0.1, -0.05) is 65.2 Å². The SMILES string of the molecule is CCCCCCCOCCCCCCC.O=P(O)(O)O. The van der Waals surface area contributed by atoms with Crippen LogP contribution in [-0.4, -0.2) is 27.9 Å². The van der Waals surface area contributed by atoms with Crippen molar-refractivity contribution in [1.29, 1.82) is 0 Å². The molecule has 124 valence electrons. The lowest BCUT2D eigenvalue weighted by atomic mass is 10.1. The fourth-order valence-corrected chi connectivity index (χ4v) is 1.72. The molecule has 0 amide bonds. The Hall–Kier alpha value is 0.0700. The fraction of sp³-hybridized carbons (Fsp3) is 1.00. The average Bonchev–Trinajstić information content (AvgIpc) is 2.34. The van der Waals surface area contributed by atoms with Gasteiger partial charge in [-0.05, 0) is 12.8 Å². The molecule has 0 radical (unpaired) electrons. The minimum Gasteiger partial charge on any atom is -0.381 e. The van der Waals surface area contributed by atoms with Crippen LogP contribution in [0.5, 0.6) is 0 Å². The first kappa shape index (κ1) is 22.4. The van der Waals surface area contributed by atoms with Gasteiger partial charge in [0, 0.05) is 13.2 Å². The van der Waals surface area contributed by atoms with E-state index >= 15 is 0 Å². The van der Waals surface area contributed by atoms with E-state index < -0.39 is 7.82 Å². The summed E-state index contributed by atoms with van der Waals surface area (Å²) in [6.07, 6.45) is 13.4. The van der Waals surface area contributed by atoms with Crippen LogP contribution in [0.4, 0.5) is 0 Å². The van der Waals surface area contributed by atoms with Gasteiger partial charge in [0.25, 0.3) is 0 Å². The lowest BCUT2D eigenvalue weighted by molar-refractivity contribution is 0.125. The number of hydrogen-bond donors (Lipinski definition) is 3. The second-order valence-corrected chi connectivity index (χ2v) is 5.98. The van der Waals surface area contributed by atoms with Crippen LogP contribution in [0, 0.1) is 0 Å². The van der Waals surface area contributed by atoms with E-state index in [1.807, 2.05) is 0 Å². The third kappa shape index (κ3) is 36.1. The summed E-state index contributed by atoms with van der Waals surface area (Å²) >= 11 is 0. The average molecular weight is 312 g/mol. The Labute approximate surface area is 124 Å². The molecular formula is C14H33O5P. The van der Waals surface area contributed by atoms with Crippen LogP contribution in [0.25, 0.3) is 0 Å². The highest BCUT2D eigenvalue weighted by molar-refractivity contribution is 7.45. The smallest absolute Gasteiger partial charge is 0.381 e. The van der Waals surface area contributed by atoms with Crippen LogP contribution in [-0.2, 0) is 9.30 Å². The molecule has 5 nitrogen and oxygen atoms in total. The lowest BCUT2D eigenvalue weighted by Gasteiger charge is -2.03. The van der Waals surface area contributed by atoms with Crippen LogP contribution in [0.15, 0.2) is 0 Å². The normalized spacial score (nSPS) is 11.1. The van der Waals surface area contributed by atoms with Crippen molar-refractivity contribution in [3.05, 3.63) is 0 Å². The Balaban J connectivity index is 0. The lowest BCUT2D eigenvalue weighted by Crippen LogP contribution is -1.97. The second-order valence-electron chi connectivity index (χ2n) is 4.95. The summed E-state index contributed by atoms with van der Waals surface area (Å²) in [4.78, 5) is 21.6. The second kappa shape index (κ2) is 17.1. The highest BCUT2D eigenvalue weighted by Crippen LogP contribution is 2.25. The van der Waals surface area contributed by atoms with E-state index in [-0.39, 0.29) is 0 Å². The van der Waals surface area contributed by atoms with Gasteiger partial charge in [-0.2, -0.15) is 0 Å². The Bertz CT molecular complexity index is 197. The molecule has 0 atom stereocenters. The third-order valence-electron chi connectivity index (χ3n) is 2.78. The molecule has 0 aliphatic heterocycles. The summed E-state index contributed by atoms with van der Waals surface area (Å²) in [6, 6.07) is 0. The number of hydrogen-bond acceptors (Lipinski definition) is 2. The largest absolute Gasteiger partial charge is 0.466 e. The predicted molar refractivity (Wildman–Crippen MR) is 82.6 cm³/mol. The molecule has 0 aliphatic rings. The minimum atomic E-state index is -4.64. The standard InChI is InChI=1S/C14H30O.H3O4P/c1-3-5-7-9-11-13-15-14-12-10-8-6-4-2;1-5(2,3)4/h3-14H2,1-2H3;(H3,1,2,3,4). The number of unbranched alkanes of at least 4 members (excludes halogenated alkanes) is 8. The maximum absolute atomic E-state index is 8.88. The summed E-state index contributed by atoms with van der Waals surface area (Å²) in [5.41, 5.74) is 0. The van der Waals surface area contributed by atoms with Crippen molar-refractivity contribution in [2.75, 3.05) is 13.2 Å². The van der Waals surface area contributed by atoms with E-state index in [0.717, 1.165) is 13.2 Å². The predicted octanol–water partition coefficient (Wildman–Crippen LogP) is 4.02. The van der Waals surface area contributed by atoms with Gasteiger partial charge >= 0.3 is 7.82 Å². The van der Waals surface area contributed by atoms with E-state index in [2.05, 4.69) is 13.8 Å². The zero-order chi connectivity index (χ0) is 15.7. The molecular weight excluding hydrogens is 279 g/mol. The zero-order valence-corrected chi connectivity index (χ0v) is 14.0. The Morgan fingerprint density at radius 3 is 1.30 bits per heavy atom. The number of phosphoric acid groups is 1. The molecule has 0 aromatic heterocycles. The zero-order valence-electron chi connectivity index (χ0n) is 13.1. The first-order valence-corrected chi connectivity index (χ1v) is 9.34. The summed E-state index contributed by atoms with van der Waals surface area (Å²) in [6.45, 7) is 6.48. The summed E-state index contributed by atoms with van der Waals surface area (Å²) in [5, 5.41) is 0. The van der Waals surface area contributed by atoms with Crippen molar-refractivity contribution in [3.8, 4) is 0 Å². The van der Waals surface area contributed by atoms with E-state index in [1.54, 1.807) is 0 Å². The molecule has 0 rings (SSSR count). The van der Waals surface area contributed by atoms with Gasteiger partial charge in [0.05, 0.1) is 0 Å². The minimum absolute atomic E-state index is 0.984. The Kier molecular flexibility index (Phi) is 19.1. The maximum atomic E-state index is 8.88. The Morgan fingerprint density at radius 2 is 1.00 bits per heavy atom. The summed E-state index contributed by atoms with van der Waals surface area (Å²) in [7, 11) is -4.64. The quantitative estimate of drug-likeness (QED) is 0.374. The molecule has 0 fully saturated rings. The molecule has 0 aromatic carbocycles. The van der Waals surface area contributed by atoms with Crippen LogP contribution >= 0.6 is 7.82 Å². The van der Waals surface area contributed by atoms with Crippen LogP contribution in [0.2, 0.25) is 0 Å². The highest BCUT2D eigenvalue weighted by atomic mass is 31.2. The Morgan fingerprint density at radius 1 is 0.700 bits per heavy atom. The van der Waals surface area contributed by atoms with E-state index in [4.69, 9.17) is 24.0 Å². The van der Waals surface area contributed by atoms with Gasteiger partial charge in [-0.15, -0.1) is 0 Å². The van der Waals surface area contributed by atoms with Crippen molar-refractivity contribution in [2.45, 2.75) is 78.1 Å². The van der Waals surface area contributed by atoms with Gasteiger partial charge in [0.2, 0.25) is 0 Å². The summed E-state index contributed by atoms with van der Waals surface area (Å²) < 4.78 is 14.5. The third-order valence-corrected chi connectivity index (χ3v) is 2.78. The van der Waals surface area contributed by atoms with Crippen molar-refractivity contribution >= 4 is 7.82 Å². The molecule has 0 aromatic rings. The van der Waals surface area contributed by atoms with E-state index in [9.17, 15) is 0 Å². The molecule has 0 spiro atoms. The van der Waals surface area contributed by atoms with Gasteiger partial charge in [-0.25, -0.2) is 4.57 Å². The molecule has 0 unspecified atom stereocenters. The number of rotatable bonds is 12. The first-order valence-electron chi connectivity index (χ1n) is 7.77. The monoisotopic (exact) mass is 312 g/mol. The van der Waals surface area contributed by atoms with Gasteiger partial charge in [0.1, 0.15) is 0 Å². The van der Waals surface area contributed by atoms with Crippen molar-refractivity contribution in [2.24, 2.45) is 0 Å². The van der Waals surface area contributed by atoms with Crippen LogP contribution in [0.1, 0.15) is 78.1 Å². The fourth-order valence-electron chi connectivity index (χ4n) is 1.72. The van der Waals surface area contributed by atoms with E-state index in [1.165, 1.54) is 64.2 Å². The molecule has 0 heterocycles. The molecule has 0 aliphatic carbocycles. The maximum Gasteiger partial charge on any atom is 0.466 e. The topological polar surface area (TPSA) is 87.0 Å². The molecule has 20 heavy (non-hydrogen) atoms. The van der Waals surface area contributed by atoms with Crippen LogP contribution in [0.3, 0.4) is 0 Å². The van der Waals surface area contributed by atoms with Gasteiger partial charge in [0.15, 0.2) is 0 Å². The molecule has 0 saturated heterocycles. The van der Waals surface area contributed by atoms with Crippen molar-refractivity contribution in [1.82, 2.24) is 0 Å². The summed E-state index contributed by atoms with van der Waals surface area (Å²) in [5.74, 6) is 0. The number of ether oxygens (including phenoxy) is 1. The highest BCUT2D eigenvalue weighted by Gasteiger charge is 2.00. The molecule has 0 bridgehead atoms. The first-order chi connectivity index (χ1) is 9.41. The van der Waals surface area contributed by atoms with Gasteiger partial charge < -0.3 is 19.4 Å². The van der Waals surface area contributed by atoms with Crippen molar-refractivity contribution < 1.29 is 24.0 Å². The molecule has 6 heteroatoms.